The predicted molar refractivity (Wildman–Crippen MR) is 82.4 cm³/mol. The maximum Gasteiger partial charge on any atom is 0.0236 e. The summed E-state index contributed by atoms with van der Waals surface area (Å²) in [5, 5.41) is 3.49. The lowest BCUT2D eigenvalue weighted by atomic mass is 10.0. The highest BCUT2D eigenvalue weighted by atomic mass is 15.1. The van der Waals surface area contributed by atoms with Gasteiger partial charge in [0.15, 0.2) is 0 Å². The van der Waals surface area contributed by atoms with Crippen LogP contribution in [0.5, 0.6) is 0 Å². The zero-order valence-corrected chi connectivity index (χ0v) is 12.5. The summed E-state index contributed by atoms with van der Waals surface area (Å²) in [5.74, 6) is 0. The molecular weight excluding hydrogens is 232 g/mol. The van der Waals surface area contributed by atoms with Gasteiger partial charge in [0.1, 0.15) is 0 Å². The molecule has 0 radical (unpaired) electrons. The molecule has 0 fully saturated rings. The second-order valence-electron chi connectivity index (χ2n) is 5.75. The van der Waals surface area contributed by atoms with Gasteiger partial charge in [-0.15, -0.1) is 0 Å². The number of nitrogens with zero attached hydrogens (tertiary/aromatic N) is 1. The topological polar surface area (TPSA) is 15.3 Å². The van der Waals surface area contributed by atoms with Crippen LogP contribution in [0.4, 0.5) is 0 Å². The average molecular weight is 260 g/mol. The Morgan fingerprint density at radius 3 is 2.84 bits per heavy atom. The van der Waals surface area contributed by atoms with E-state index in [9.17, 15) is 0 Å². The fourth-order valence-corrected chi connectivity index (χ4v) is 3.03. The van der Waals surface area contributed by atoms with Gasteiger partial charge in [-0.1, -0.05) is 31.2 Å². The molecule has 1 unspecified atom stereocenters. The normalized spacial score (nSPS) is 17.8. The van der Waals surface area contributed by atoms with E-state index in [1.807, 2.05) is 0 Å². The van der Waals surface area contributed by atoms with E-state index in [4.69, 9.17) is 0 Å². The minimum Gasteiger partial charge on any atom is -0.315 e. The minimum absolute atomic E-state index is 0.657. The quantitative estimate of drug-likeness (QED) is 0.845. The highest BCUT2D eigenvalue weighted by molar-refractivity contribution is 5.27. The van der Waals surface area contributed by atoms with Gasteiger partial charge in [0.25, 0.3) is 0 Å². The molecule has 106 valence electrons. The van der Waals surface area contributed by atoms with Gasteiger partial charge in [-0.3, -0.25) is 4.90 Å². The third-order valence-corrected chi connectivity index (χ3v) is 4.10. The maximum absolute atomic E-state index is 3.49. The average Bonchev–Trinajstić information content (AvgIpc) is 2.60. The summed E-state index contributed by atoms with van der Waals surface area (Å²) in [6, 6.07) is 9.60. The van der Waals surface area contributed by atoms with E-state index in [2.05, 4.69) is 48.3 Å². The van der Waals surface area contributed by atoms with Gasteiger partial charge in [0.05, 0.1) is 0 Å². The van der Waals surface area contributed by atoms with Crippen LogP contribution in [-0.4, -0.2) is 30.6 Å². The van der Waals surface area contributed by atoms with Crippen LogP contribution < -0.4 is 5.32 Å². The van der Waals surface area contributed by atoms with Gasteiger partial charge in [-0.25, -0.2) is 0 Å². The highest BCUT2D eigenvalue weighted by Crippen LogP contribution is 2.18. The summed E-state index contributed by atoms with van der Waals surface area (Å²) >= 11 is 0. The molecule has 1 aliphatic heterocycles. The highest BCUT2D eigenvalue weighted by Gasteiger charge is 2.13. The van der Waals surface area contributed by atoms with E-state index < -0.39 is 0 Å². The molecule has 0 aliphatic carbocycles. The number of aryl methyl sites for hydroxylation is 1. The zero-order chi connectivity index (χ0) is 13.5. The number of fused-ring (bicyclic) bond motifs is 1. The maximum atomic E-state index is 3.49. The molecule has 2 nitrogen and oxygen atoms in total. The molecule has 0 aromatic heterocycles. The van der Waals surface area contributed by atoms with Crippen LogP contribution in [0.1, 0.15) is 44.2 Å². The van der Waals surface area contributed by atoms with Gasteiger partial charge in [0.2, 0.25) is 0 Å². The third kappa shape index (κ3) is 4.63. The lowest BCUT2D eigenvalue weighted by molar-refractivity contribution is 0.259. The predicted octanol–water partition coefficient (Wildman–Crippen LogP) is 3.21. The molecule has 0 saturated carbocycles. The smallest absolute Gasteiger partial charge is 0.0236 e. The van der Waals surface area contributed by atoms with Gasteiger partial charge < -0.3 is 5.32 Å². The standard InChI is InChI=1S/C17H28N2/c1-3-18-15(2)8-6-12-19-13-7-11-16-9-4-5-10-17(16)14-19/h4-5,9-10,15,18H,3,6-8,11-14H2,1-2H3. The van der Waals surface area contributed by atoms with Crippen molar-refractivity contribution in [1.29, 1.82) is 0 Å². The Morgan fingerprint density at radius 2 is 2.05 bits per heavy atom. The lowest BCUT2D eigenvalue weighted by Crippen LogP contribution is -2.29. The van der Waals surface area contributed by atoms with Crippen molar-refractivity contribution in [2.24, 2.45) is 0 Å². The molecule has 0 spiro atoms. The van der Waals surface area contributed by atoms with Crippen molar-refractivity contribution in [2.45, 2.75) is 52.1 Å². The molecule has 1 aliphatic rings. The van der Waals surface area contributed by atoms with Gasteiger partial charge in [-0.2, -0.15) is 0 Å². The molecule has 1 atom stereocenters. The van der Waals surface area contributed by atoms with Crippen molar-refractivity contribution >= 4 is 0 Å². The van der Waals surface area contributed by atoms with Crippen LogP contribution in [0.3, 0.4) is 0 Å². The van der Waals surface area contributed by atoms with E-state index in [-0.39, 0.29) is 0 Å². The van der Waals surface area contributed by atoms with E-state index in [1.165, 1.54) is 38.8 Å². The molecule has 0 amide bonds. The Labute approximate surface area is 118 Å². The fraction of sp³-hybridized carbons (Fsp3) is 0.647. The van der Waals surface area contributed by atoms with Crippen molar-refractivity contribution in [3.05, 3.63) is 35.4 Å². The van der Waals surface area contributed by atoms with Crippen LogP contribution in [0, 0.1) is 0 Å². The summed E-state index contributed by atoms with van der Waals surface area (Å²) in [6.45, 7) is 9.20. The lowest BCUT2D eigenvalue weighted by Gasteiger charge is -2.21. The number of nitrogens with one attached hydrogen (secondary N) is 1. The molecule has 1 heterocycles. The number of hydrogen-bond acceptors (Lipinski definition) is 2. The molecule has 1 aromatic carbocycles. The summed E-state index contributed by atoms with van der Waals surface area (Å²) < 4.78 is 0. The van der Waals surface area contributed by atoms with Crippen molar-refractivity contribution in [3.8, 4) is 0 Å². The van der Waals surface area contributed by atoms with E-state index in [0.29, 0.717) is 6.04 Å². The molecule has 2 rings (SSSR count). The molecule has 19 heavy (non-hydrogen) atoms. The monoisotopic (exact) mass is 260 g/mol. The number of hydrogen-bond donors (Lipinski definition) is 1. The summed E-state index contributed by atoms with van der Waals surface area (Å²) in [6.07, 6.45) is 5.14. The Balaban J connectivity index is 1.79. The Kier molecular flexibility index (Phi) is 5.87. The second-order valence-corrected chi connectivity index (χ2v) is 5.75. The molecule has 0 bridgehead atoms. The Bertz CT molecular complexity index is 375. The molecular formula is C17H28N2. The summed E-state index contributed by atoms with van der Waals surface area (Å²) in [5.41, 5.74) is 3.10. The van der Waals surface area contributed by atoms with Gasteiger partial charge in [0, 0.05) is 12.6 Å². The molecule has 0 saturated heterocycles. The van der Waals surface area contributed by atoms with Crippen LogP contribution in [0.25, 0.3) is 0 Å². The Hall–Kier alpha value is -0.860. The van der Waals surface area contributed by atoms with Crippen LogP contribution in [0.15, 0.2) is 24.3 Å². The van der Waals surface area contributed by atoms with Crippen LogP contribution in [0.2, 0.25) is 0 Å². The first-order valence-corrected chi connectivity index (χ1v) is 7.82. The van der Waals surface area contributed by atoms with E-state index in [1.54, 1.807) is 11.1 Å². The van der Waals surface area contributed by atoms with E-state index in [0.717, 1.165) is 13.1 Å². The molecule has 2 heteroatoms. The van der Waals surface area contributed by atoms with Crippen molar-refractivity contribution in [3.63, 3.8) is 0 Å². The first-order chi connectivity index (χ1) is 9.29. The minimum atomic E-state index is 0.657. The largest absolute Gasteiger partial charge is 0.315 e. The van der Waals surface area contributed by atoms with Gasteiger partial charge in [-0.05, 0) is 63.4 Å². The summed E-state index contributed by atoms with van der Waals surface area (Å²) in [7, 11) is 0. The number of rotatable bonds is 6. The first-order valence-electron chi connectivity index (χ1n) is 7.82. The van der Waals surface area contributed by atoms with E-state index >= 15 is 0 Å². The number of benzene rings is 1. The third-order valence-electron chi connectivity index (χ3n) is 4.10. The van der Waals surface area contributed by atoms with Crippen molar-refractivity contribution in [1.82, 2.24) is 10.2 Å². The SMILES string of the molecule is CCNC(C)CCCN1CCCc2ccccc2C1. The van der Waals surface area contributed by atoms with Crippen molar-refractivity contribution in [2.75, 3.05) is 19.6 Å². The van der Waals surface area contributed by atoms with Crippen LogP contribution >= 0.6 is 0 Å². The second kappa shape index (κ2) is 7.66. The van der Waals surface area contributed by atoms with Crippen molar-refractivity contribution < 1.29 is 0 Å². The molecule has 1 N–H and O–H groups in total. The first kappa shape index (κ1) is 14.5. The molecule has 1 aromatic rings. The fourth-order valence-electron chi connectivity index (χ4n) is 3.03. The zero-order valence-electron chi connectivity index (χ0n) is 12.5. The summed E-state index contributed by atoms with van der Waals surface area (Å²) in [4.78, 5) is 2.63. The Morgan fingerprint density at radius 1 is 1.26 bits per heavy atom. The van der Waals surface area contributed by atoms with Crippen LogP contribution in [-0.2, 0) is 13.0 Å². The van der Waals surface area contributed by atoms with Gasteiger partial charge >= 0.3 is 0 Å².